The zero-order valence-electron chi connectivity index (χ0n) is 11.6. The lowest BCUT2D eigenvalue weighted by Crippen LogP contribution is -2.40. The normalized spacial score (nSPS) is 17.1. The Hall–Kier alpha value is -0.123. The molecule has 0 aliphatic heterocycles. The van der Waals surface area contributed by atoms with Gasteiger partial charge in [0.05, 0.1) is 0 Å². The van der Waals surface area contributed by atoms with Crippen LogP contribution in [0.5, 0.6) is 0 Å². The Kier molecular flexibility index (Phi) is 7.98. The number of hydrogen-bond acceptors (Lipinski definition) is 2. The van der Waals surface area contributed by atoms with Gasteiger partial charge in [0.1, 0.15) is 0 Å². The van der Waals surface area contributed by atoms with Crippen molar-refractivity contribution in [1.29, 1.82) is 0 Å². The van der Waals surface area contributed by atoms with Crippen molar-refractivity contribution in [2.45, 2.75) is 59.6 Å². The lowest BCUT2D eigenvalue weighted by molar-refractivity contribution is 0.120. The Morgan fingerprint density at radius 1 is 1.31 bits per heavy atom. The van der Waals surface area contributed by atoms with E-state index in [-0.39, 0.29) is 6.10 Å². The van der Waals surface area contributed by atoms with E-state index in [0.29, 0.717) is 5.92 Å². The van der Waals surface area contributed by atoms with Crippen molar-refractivity contribution in [2.75, 3.05) is 6.61 Å². The van der Waals surface area contributed by atoms with E-state index in [0.717, 1.165) is 25.9 Å². The summed E-state index contributed by atoms with van der Waals surface area (Å²) < 4.78 is 11.9. The molecule has 16 heavy (non-hydrogen) atoms. The molecule has 0 bridgehead atoms. The highest BCUT2D eigenvalue weighted by Crippen LogP contribution is 2.16. The first kappa shape index (κ1) is 15.9. The molecule has 0 aliphatic rings. The topological polar surface area (TPSA) is 18.5 Å². The standard InChI is InChI=1S/C13H28O2Si/c1-7-9-10-14-16(6,8-2)15-13(5)11-12(3)4/h8,12-13H,2,7,9-11H2,1,3-6H3. The fraction of sp³-hybridized carbons (Fsp3) is 0.846. The number of rotatable bonds is 9. The zero-order valence-corrected chi connectivity index (χ0v) is 12.6. The third-order valence-corrected chi connectivity index (χ3v) is 4.89. The fourth-order valence-electron chi connectivity index (χ4n) is 1.67. The summed E-state index contributed by atoms with van der Waals surface area (Å²) in [5, 5.41) is 0. The van der Waals surface area contributed by atoms with Crippen molar-refractivity contribution in [1.82, 2.24) is 0 Å². The summed E-state index contributed by atoms with van der Waals surface area (Å²) in [6, 6.07) is 0. The van der Waals surface area contributed by atoms with Crippen molar-refractivity contribution < 1.29 is 8.85 Å². The van der Waals surface area contributed by atoms with Gasteiger partial charge in [0.2, 0.25) is 0 Å². The van der Waals surface area contributed by atoms with Crippen molar-refractivity contribution in [3.05, 3.63) is 12.3 Å². The van der Waals surface area contributed by atoms with Gasteiger partial charge in [-0.25, -0.2) is 0 Å². The Bertz CT molecular complexity index is 194. The van der Waals surface area contributed by atoms with Gasteiger partial charge in [0, 0.05) is 12.7 Å². The molecule has 0 spiro atoms. The van der Waals surface area contributed by atoms with Crippen LogP contribution < -0.4 is 0 Å². The molecule has 0 aromatic heterocycles. The van der Waals surface area contributed by atoms with E-state index in [1.807, 2.05) is 5.70 Å². The van der Waals surface area contributed by atoms with Gasteiger partial charge in [-0.1, -0.05) is 27.2 Å². The summed E-state index contributed by atoms with van der Waals surface area (Å²) in [7, 11) is -2.13. The third-order valence-electron chi connectivity index (χ3n) is 2.50. The molecule has 0 aromatic rings. The van der Waals surface area contributed by atoms with E-state index in [4.69, 9.17) is 8.85 Å². The van der Waals surface area contributed by atoms with Gasteiger partial charge in [-0.2, -0.15) is 0 Å². The van der Waals surface area contributed by atoms with Gasteiger partial charge in [0.25, 0.3) is 0 Å². The molecular weight excluding hydrogens is 216 g/mol. The van der Waals surface area contributed by atoms with Crippen LogP contribution in [0.4, 0.5) is 0 Å². The Labute approximate surface area is 102 Å². The van der Waals surface area contributed by atoms with Crippen LogP contribution in [0.3, 0.4) is 0 Å². The van der Waals surface area contributed by atoms with E-state index in [2.05, 4.69) is 40.8 Å². The molecule has 0 aromatic carbocycles. The van der Waals surface area contributed by atoms with Gasteiger partial charge in [-0.15, -0.1) is 6.58 Å². The van der Waals surface area contributed by atoms with E-state index < -0.39 is 8.56 Å². The van der Waals surface area contributed by atoms with Crippen molar-refractivity contribution in [3.63, 3.8) is 0 Å². The van der Waals surface area contributed by atoms with E-state index in [1.165, 1.54) is 0 Å². The van der Waals surface area contributed by atoms with Crippen molar-refractivity contribution in [3.8, 4) is 0 Å². The predicted molar refractivity (Wildman–Crippen MR) is 72.7 cm³/mol. The van der Waals surface area contributed by atoms with Gasteiger partial charge in [-0.3, -0.25) is 0 Å². The first-order valence-corrected chi connectivity index (χ1v) is 8.78. The quantitative estimate of drug-likeness (QED) is 0.450. The maximum atomic E-state index is 6.04. The minimum absolute atomic E-state index is 0.260. The third kappa shape index (κ3) is 7.20. The molecule has 0 heterocycles. The summed E-state index contributed by atoms with van der Waals surface area (Å²) in [5.74, 6) is 0.661. The van der Waals surface area contributed by atoms with E-state index in [9.17, 15) is 0 Å². The SMILES string of the molecule is C=C[Si](C)(OCCCC)OC(C)CC(C)C. The van der Waals surface area contributed by atoms with Crippen molar-refractivity contribution >= 4 is 8.56 Å². The molecule has 0 saturated heterocycles. The maximum absolute atomic E-state index is 6.04. The highest BCUT2D eigenvalue weighted by Gasteiger charge is 2.29. The zero-order chi connectivity index (χ0) is 12.6. The van der Waals surface area contributed by atoms with Crippen LogP contribution in [0.15, 0.2) is 12.3 Å². The molecule has 0 radical (unpaired) electrons. The second-order valence-electron chi connectivity index (χ2n) is 4.98. The maximum Gasteiger partial charge on any atom is 0.361 e. The Morgan fingerprint density at radius 2 is 1.94 bits per heavy atom. The summed E-state index contributed by atoms with van der Waals surface area (Å²) in [6.07, 6.45) is 3.59. The fourth-order valence-corrected chi connectivity index (χ4v) is 3.40. The molecule has 96 valence electrons. The lowest BCUT2D eigenvalue weighted by Gasteiger charge is -2.28. The lowest BCUT2D eigenvalue weighted by atomic mass is 10.1. The molecule has 3 heteroatoms. The summed E-state index contributed by atoms with van der Waals surface area (Å²) >= 11 is 0. The van der Waals surface area contributed by atoms with Gasteiger partial charge < -0.3 is 8.85 Å². The average Bonchev–Trinajstić information content (AvgIpc) is 2.16. The molecule has 0 rings (SSSR count). The molecule has 0 saturated carbocycles. The van der Waals surface area contributed by atoms with Crippen LogP contribution in [0.1, 0.15) is 47.0 Å². The smallest absolute Gasteiger partial charge is 0.361 e. The second-order valence-corrected chi connectivity index (χ2v) is 7.94. The molecular formula is C13H28O2Si. The van der Waals surface area contributed by atoms with Crippen LogP contribution in [0, 0.1) is 5.92 Å². The molecule has 0 fully saturated rings. The van der Waals surface area contributed by atoms with Crippen LogP contribution in [-0.2, 0) is 8.85 Å². The summed E-state index contributed by atoms with van der Waals surface area (Å²) in [5.41, 5.74) is 1.89. The first-order valence-electron chi connectivity index (χ1n) is 6.39. The molecule has 2 atom stereocenters. The van der Waals surface area contributed by atoms with Gasteiger partial charge in [0.15, 0.2) is 0 Å². The summed E-state index contributed by atoms with van der Waals surface area (Å²) in [4.78, 5) is 0. The molecule has 2 nitrogen and oxygen atoms in total. The highest BCUT2D eigenvalue weighted by molar-refractivity contribution is 6.71. The molecule has 0 aliphatic carbocycles. The van der Waals surface area contributed by atoms with Crippen LogP contribution >= 0.6 is 0 Å². The minimum Gasteiger partial charge on any atom is -0.391 e. The average molecular weight is 244 g/mol. The Balaban J connectivity index is 4.08. The summed E-state index contributed by atoms with van der Waals surface area (Å²) in [6.45, 7) is 15.4. The van der Waals surface area contributed by atoms with E-state index >= 15 is 0 Å². The molecule has 0 amide bonds. The molecule has 0 N–H and O–H groups in total. The second kappa shape index (κ2) is 8.04. The Morgan fingerprint density at radius 3 is 2.38 bits per heavy atom. The van der Waals surface area contributed by atoms with Crippen LogP contribution in [0.2, 0.25) is 6.55 Å². The minimum atomic E-state index is -2.13. The first-order chi connectivity index (χ1) is 7.43. The van der Waals surface area contributed by atoms with Gasteiger partial charge >= 0.3 is 8.56 Å². The largest absolute Gasteiger partial charge is 0.391 e. The van der Waals surface area contributed by atoms with Crippen LogP contribution in [0.25, 0.3) is 0 Å². The number of unbranched alkanes of at least 4 members (excludes halogenated alkanes) is 1. The van der Waals surface area contributed by atoms with Crippen LogP contribution in [-0.4, -0.2) is 21.3 Å². The molecule has 2 unspecified atom stereocenters. The predicted octanol–water partition coefficient (Wildman–Crippen LogP) is 4.05. The van der Waals surface area contributed by atoms with Crippen molar-refractivity contribution in [2.24, 2.45) is 5.92 Å². The number of hydrogen-bond donors (Lipinski definition) is 0. The monoisotopic (exact) mass is 244 g/mol. The van der Waals surface area contributed by atoms with Gasteiger partial charge in [-0.05, 0) is 37.9 Å². The van der Waals surface area contributed by atoms with E-state index in [1.54, 1.807) is 0 Å². The highest BCUT2D eigenvalue weighted by atomic mass is 28.4.